The molecule has 1 fully saturated rings. The van der Waals surface area contributed by atoms with Gasteiger partial charge in [-0.25, -0.2) is 13.8 Å². The van der Waals surface area contributed by atoms with E-state index in [2.05, 4.69) is 39.0 Å². The van der Waals surface area contributed by atoms with Gasteiger partial charge in [0, 0.05) is 61.5 Å². The summed E-state index contributed by atoms with van der Waals surface area (Å²) in [7, 11) is 1.58. The minimum absolute atomic E-state index is 0.00304. The number of fused-ring (bicyclic) bond motifs is 1. The molecule has 1 aliphatic heterocycles. The summed E-state index contributed by atoms with van der Waals surface area (Å²) >= 11 is 0. The number of aryl methyl sites for hydroxylation is 1. The highest BCUT2D eigenvalue weighted by molar-refractivity contribution is 6.00. The van der Waals surface area contributed by atoms with Crippen LogP contribution in [0.25, 0.3) is 11.0 Å². The van der Waals surface area contributed by atoms with E-state index in [0.29, 0.717) is 29.7 Å². The van der Waals surface area contributed by atoms with E-state index < -0.39 is 23.5 Å². The first-order chi connectivity index (χ1) is 19.3. The monoisotopic (exact) mass is 541 g/mol. The lowest BCUT2D eigenvalue weighted by Crippen LogP contribution is -2.33. The van der Waals surface area contributed by atoms with Gasteiger partial charge in [0.2, 0.25) is 0 Å². The number of hydrogen-bond acceptors (Lipinski definition) is 5. The van der Waals surface area contributed by atoms with Gasteiger partial charge in [-0.1, -0.05) is 17.9 Å². The quantitative estimate of drug-likeness (QED) is 0.336. The average molecular weight is 542 g/mol. The molecule has 0 bridgehead atoms. The van der Waals surface area contributed by atoms with Gasteiger partial charge in [0.25, 0.3) is 11.5 Å². The normalized spacial score (nSPS) is 15.5. The van der Waals surface area contributed by atoms with Crippen LogP contribution in [0.3, 0.4) is 0 Å². The Labute approximate surface area is 228 Å². The fraction of sp³-hybridized carbons (Fsp3) is 0.233. The van der Waals surface area contributed by atoms with Crippen molar-refractivity contribution < 1.29 is 18.3 Å². The highest BCUT2D eigenvalue weighted by Gasteiger charge is 2.22. The molecule has 3 aromatic heterocycles. The van der Waals surface area contributed by atoms with Crippen molar-refractivity contribution in [3.8, 4) is 23.7 Å². The van der Waals surface area contributed by atoms with Crippen LogP contribution in [0.1, 0.15) is 51.2 Å². The average Bonchev–Trinajstić information content (AvgIpc) is 3.39. The number of pyridine rings is 2. The Balaban J connectivity index is 1.50. The van der Waals surface area contributed by atoms with Crippen molar-refractivity contribution in [3.63, 3.8) is 0 Å². The number of nitrogens with one attached hydrogen (secondary N) is 2. The zero-order valence-corrected chi connectivity index (χ0v) is 21.6. The predicted molar refractivity (Wildman–Crippen MR) is 145 cm³/mol. The molecule has 4 heterocycles. The zero-order chi connectivity index (χ0) is 28.2. The molecular weight excluding hydrogens is 516 g/mol. The Morgan fingerprint density at radius 1 is 1.25 bits per heavy atom. The number of rotatable bonds is 5. The smallest absolute Gasteiger partial charge is 0.254 e. The maximum absolute atomic E-state index is 14.7. The third-order valence-electron chi connectivity index (χ3n) is 6.73. The van der Waals surface area contributed by atoms with E-state index in [1.54, 1.807) is 25.4 Å². The fourth-order valence-corrected chi connectivity index (χ4v) is 4.70. The third-order valence-corrected chi connectivity index (χ3v) is 6.73. The Morgan fingerprint density at radius 3 is 2.88 bits per heavy atom. The molecule has 1 aromatic carbocycles. The van der Waals surface area contributed by atoms with E-state index in [4.69, 9.17) is 10.5 Å². The summed E-state index contributed by atoms with van der Waals surface area (Å²) in [5.41, 5.74) is 7.36. The number of H-pyrrole nitrogens is 1. The molecule has 202 valence electrons. The second-order valence-electron chi connectivity index (χ2n) is 9.32. The Morgan fingerprint density at radius 2 is 2.10 bits per heavy atom. The highest BCUT2D eigenvalue weighted by atomic mass is 19.1. The number of carbonyl (C=O) groups is 1. The van der Waals surface area contributed by atoms with Gasteiger partial charge in [0.05, 0.1) is 17.7 Å². The van der Waals surface area contributed by atoms with Crippen molar-refractivity contribution in [2.75, 3.05) is 19.7 Å². The Kier molecular flexibility index (Phi) is 7.74. The number of ether oxygens (including phenoxy) is 1. The van der Waals surface area contributed by atoms with Crippen LogP contribution in [0.5, 0.6) is 0 Å². The molecule has 40 heavy (non-hydrogen) atoms. The summed E-state index contributed by atoms with van der Waals surface area (Å²) in [4.78, 5) is 32.4. The molecule has 0 spiro atoms. The first-order valence-electron chi connectivity index (χ1n) is 12.6. The molecule has 1 amide bonds. The molecule has 4 N–H and O–H groups in total. The van der Waals surface area contributed by atoms with Crippen LogP contribution < -0.4 is 16.6 Å². The number of halogens is 2. The van der Waals surface area contributed by atoms with Gasteiger partial charge in [-0.15, -0.1) is 0 Å². The van der Waals surface area contributed by atoms with Crippen LogP contribution in [-0.4, -0.2) is 40.1 Å². The van der Waals surface area contributed by atoms with E-state index in [1.807, 2.05) is 6.07 Å². The minimum Gasteiger partial charge on any atom is -0.369 e. The molecular formula is C30H25F2N5O3. The molecule has 10 heteroatoms. The van der Waals surface area contributed by atoms with Crippen molar-refractivity contribution in [2.24, 2.45) is 12.8 Å². The van der Waals surface area contributed by atoms with Crippen LogP contribution in [-0.2, 0) is 11.8 Å². The maximum atomic E-state index is 14.7. The van der Waals surface area contributed by atoms with Gasteiger partial charge in [0.1, 0.15) is 23.4 Å². The second-order valence-corrected chi connectivity index (χ2v) is 9.32. The zero-order valence-electron chi connectivity index (χ0n) is 21.6. The van der Waals surface area contributed by atoms with Gasteiger partial charge in [-0.3, -0.25) is 9.59 Å². The van der Waals surface area contributed by atoms with Crippen molar-refractivity contribution in [1.29, 1.82) is 0 Å². The minimum atomic E-state index is -0.824. The van der Waals surface area contributed by atoms with E-state index in [1.165, 1.54) is 10.8 Å². The van der Waals surface area contributed by atoms with Crippen LogP contribution >= 0.6 is 0 Å². The standard InChI is InChI=1S/C30H25F2N5O3/c1-37-12-5-8-21(30(37)39)19(22-14-18(31)9-10-25(22)32)6-3-2-4-7-20-23-15-26(27-17-34-11-13-40-27)36-29(23)35-16-24(20)28(33)38/h5,8-10,12,14-16,19,27,34H,6,11,13,17H2,1H3,(H2,33,38)(H,35,36)/t19?,27-/m1/s1. The van der Waals surface area contributed by atoms with Crippen molar-refractivity contribution in [3.05, 3.63) is 98.7 Å². The van der Waals surface area contributed by atoms with Crippen LogP contribution in [0.2, 0.25) is 0 Å². The first kappa shape index (κ1) is 26.8. The number of benzene rings is 1. The van der Waals surface area contributed by atoms with E-state index in [0.717, 1.165) is 30.4 Å². The van der Waals surface area contributed by atoms with Crippen molar-refractivity contribution in [1.82, 2.24) is 19.9 Å². The number of hydrogen-bond donors (Lipinski definition) is 3. The summed E-state index contributed by atoms with van der Waals surface area (Å²) < 4.78 is 35.9. The lowest BCUT2D eigenvalue weighted by Gasteiger charge is -2.22. The number of morpholine rings is 1. The summed E-state index contributed by atoms with van der Waals surface area (Å²) in [5.74, 6) is 8.45. The van der Waals surface area contributed by atoms with Crippen LogP contribution in [0, 0.1) is 35.3 Å². The summed E-state index contributed by atoms with van der Waals surface area (Å²) in [5, 5.41) is 3.86. The number of aromatic amines is 1. The largest absolute Gasteiger partial charge is 0.369 e. The maximum Gasteiger partial charge on any atom is 0.254 e. The number of nitrogens with zero attached hydrogens (tertiary/aromatic N) is 2. The van der Waals surface area contributed by atoms with E-state index in [9.17, 15) is 18.4 Å². The number of nitrogens with two attached hydrogens (primary N) is 1. The van der Waals surface area contributed by atoms with Gasteiger partial charge >= 0.3 is 0 Å². The van der Waals surface area contributed by atoms with Crippen molar-refractivity contribution >= 4 is 16.9 Å². The van der Waals surface area contributed by atoms with Gasteiger partial charge < -0.3 is 25.3 Å². The van der Waals surface area contributed by atoms with Crippen LogP contribution in [0.4, 0.5) is 8.78 Å². The second kappa shape index (κ2) is 11.5. The number of primary amides is 1. The van der Waals surface area contributed by atoms with Gasteiger partial charge in [-0.2, -0.15) is 0 Å². The molecule has 8 nitrogen and oxygen atoms in total. The van der Waals surface area contributed by atoms with Crippen LogP contribution in [0.15, 0.2) is 53.6 Å². The number of carbonyl (C=O) groups excluding carboxylic acids is 1. The summed E-state index contributed by atoms with van der Waals surface area (Å²) in [6, 6.07) is 8.18. The molecule has 1 unspecified atom stereocenters. The van der Waals surface area contributed by atoms with E-state index >= 15 is 0 Å². The summed E-state index contributed by atoms with van der Waals surface area (Å²) in [6.07, 6.45) is 2.74. The van der Waals surface area contributed by atoms with E-state index in [-0.39, 0.29) is 34.8 Å². The van der Waals surface area contributed by atoms with Gasteiger partial charge in [-0.05, 0) is 47.7 Å². The molecule has 4 aromatic rings. The Hall–Kier alpha value is -4.77. The molecule has 2 atom stereocenters. The molecule has 0 radical (unpaired) electrons. The SMILES string of the molecule is Cn1cccc(C(CC#CC#Cc2c(C(N)=O)cnc3[nH]c([C@H]4CNCCO4)cc23)c2cc(F)ccc2F)c1=O. The molecule has 0 aliphatic carbocycles. The highest BCUT2D eigenvalue weighted by Crippen LogP contribution is 2.29. The lowest BCUT2D eigenvalue weighted by atomic mass is 9.89. The summed E-state index contributed by atoms with van der Waals surface area (Å²) in [6.45, 7) is 1.96. The van der Waals surface area contributed by atoms with Crippen molar-refractivity contribution in [2.45, 2.75) is 18.4 Å². The van der Waals surface area contributed by atoms with Gasteiger partial charge in [0.15, 0.2) is 0 Å². The fourth-order valence-electron chi connectivity index (χ4n) is 4.70. The third kappa shape index (κ3) is 5.50. The number of aromatic nitrogens is 3. The number of amides is 1. The predicted octanol–water partition coefficient (Wildman–Crippen LogP) is 2.88. The topological polar surface area (TPSA) is 115 Å². The molecule has 0 saturated carbocycles. The molecule has 1 aliphatic rings. The first-order valence-corrected chi connectivity index (χ1v) is 12.6. The molecule has 1 saturated heterocycles. The Bertz CT molecular complexity index is 1780. The lowest BCUT2D eigenvalue weighted by molar-refractivity contribution is 0.0254. The molecule has 5 rings (SSSR count).